The van der Waals surface area contributed by atoms with Crippen molar-refractivity contribution < 1.29 is 0 Å². The van der Waals surface area contributed by atoms with Crippen LogP contribution in [0.15, 0.2) is 6.07 Å². The van der Waals surface area contributed by atoms with Crippen molar-refractivity contribution in [3.63, 3.8) is 0 Å². The van der Waals surface area contributed by atoms with E-state index >= 15 is 0 Å². The topological polar surface area (TPSA) is 29.9 Å². The minimum absolute atomic E-state index is 0.449. The van der Waals surface area contributed by atoms with Crippen LogP contribution in [0.5, 0.6) is 0 Å². The fraction of sp³-hybridized carbons (Fsp3) is 0.833. The number of nitrogens with one attached hydrogen (secondary N) is 1. The van der Waals surface area contributed by atoms with Gasteiger partial charge in [-0.25, -0.2) is 0 Å². The van der Waals surface area contributed by atoms with Crippen molar-refractivity contribution in [1.29, 1.82) is 0 Å². The van der Waals surface area contributed by atoms with Crippen LogP contribution in [0.2, 0.25) is 0 Å². The molecular weight excluding hydrogens is 258 g/mol. The maximum Gasteiger partial charge on any atom is 0.0625 e. The Hall–Kier alpha value is -0.830. The first-order chi connectivity index (χ1) is 10.2. The third-order valence-electron chi connectivity index (χ3n) is 4.44. The summed E-state index contributed by atoms with van der Waals surface area (Å²) in [7, 11) is 0. The Labute approximate surface area is 131 Å². The molecule has 1 aromatic rings. The molecule has 3 nitrogen and oxygen atoms in total. The van der Waals surface area contributed by atoms with Crippen molar-refractivity contribution in [1.82, 2.24) is 15.1 Å². The third-order valence-corrected chi connectivity index (χ3v) is 4.44. The monoisotopic (exact) mass is 293 g/mol. The zero-order valence-electron chi connectivity index (χ0n) is 14.8. The molecule has 0 aliphatic carbocycles. The van der Waals surface area contributed by atoms with Crippen LogP contribution in [0.1, 0.15) is 84.2 Å². The molecule has 122 valence electrons. The molecule has 1 aromatic heterocycles. The number of hydrogen-bond donors (Lipinski definition) is 1. The van der Waals surface area contributed by atoms with Gasteiger partial charge in [0.05, 0.1) is 11.4 Å². The summed E-state index contributed by atoms with van der Waals surface area (Å²) in [6.07, 6.45) is 7.55. The Kier molecular flexibility index (Phi) is 8.67. The van der Waals surface area contributed by atoms with Crippen LogP contribution in [0, 0.1) is 5.92 Å². The largest absolute Gasteiger partial charge is 0.309 e. The lowest BCUT2D eigenvalue weighted by atomic mass is 9.90. The van der Waals surface area contributed by atoms with E-state index in [1.807, 2.05) is 0 Å². The van der Waals surface area contributed by atoms with Crippen LogP contribution in [0.4, 0.5) is 0 Å². The molecule has 0 aliphatic rings. The molecule has 2 unspecified atom stereocenters. The summed E-state index contributed by atoms with van der Waals surface area (Å²) in [5.41, 5.74) is 2.60. The van der Waals surface area contributed by atoms with E-state index in [1.54, 1.807) is 0 Å². The summed E-state index contributed by atoms with van der Waals surface area (Å²) >= 11 is 0. The van der Waals surface area contributed by atoms with Crippen molar-refractivity contribution in [3.05, 3.63) is 17.5 Å². The van der Waals surface area contributed by atoms with Crippen molar-refractivity contribution >= 4 is 0 Å². The summed E-state index contributed by atoms with van der Waals surface area (Å²) in [5, 5.41) is 8.41. The van der Waals surface area contributed by atoms with E-state index in [0.717, 1.165) is 25.4 Å². The number of aromatic nitrogens is 2. The Morgan fingerprint density at radius 3 is 2.48 bits per heavy atom. The molecule has 0 aromatic carbocycles. The number of hydrogen-bond acceptors (Lipinski definition) is 2. The molecule has 2 atom stereocenters. The second-order valence-electron chi connectivity index (χ2n) is 5.99. The Bertz CT molecular complexity index is 384. The molecule has 0 saturated carbocycles. The van der Waals surface area contributed by atoms with Gasteiger partial charge in [-0.05, 0) is 38.3 Å². The molecule has 0 saturated heterocycles. The van der Waals surface area contributed by atoms with Gasteiger partial charge in [0.15, 0.2) is 0 Å². The van der Waals surface area contributed by atoms with Gasteiger partial charge >= 0.3 is 0 Å². The lowest BCUT2D eigenvalue weighted by molar-refractivity contribution is 0.344. The summed E-state index contributed by atoms with van der Waals surface area (Å²) in [6, 6.07) is 2.76. The fourth-order valence-electron chi connectivity index (χ4n) is 3.06. The van der Waals surface area contributed by atoms with Crippen LogP contribution in [0.25, 0.3) is 0 Å². The summed E-state index contributed by atoms with van der Waals surface area (Å²) in [5.74, 6) is 0.819. The Balaban J connectivity index is 2.86. The fourth-order valence-corrected chi connectivity index (χ4v) is 3.06. The van der Waals surface area contributed by atoms with Crippen LogP contribution >= 0.6 is 0 Å². The van der Waals surface area contributed by atoms with Gasteiger partial charge in [-0.3, -0.25) is 4.68 Å². The van der Waals surface area contributed by atoms with E-state index in [4.69, 9.17) is 5.10 Å². The highest BCUT2D eigenvalue weighted by Crippen LogP contribution is 2.27. The van der Waals surface area contributed by atoms with Gasteiger partial charge < -0.3 is 5.32 Å². The van der Waals surface area contributed by atoms with E-state index in [9.17, 15) is 0 Å². The maximum atomic E-state index is 4.72. The van der Waals surface area contributed by atoms with Gasteiger partial charge in [0.1, 0.15) is 0 Å². The Morgan fingerprint density at radius 1 is 1.19 bits per heavy atom. The van der Waals surface area contributed by atoms with Crippen LogP contribution in [0.3, 0.4) is 0 Å². The average Bonchev–Trinajstić information content (AvgIpc) is 2.93. The van der Waals surface area contributed by atoms with Crippen molar-refractivity contribution in [2.24, 2.45) is 5.92 Å². The number of rotatable bonds is 11. The molecule has 0 amide bonds. The SMILES string of the molecule is CCCCC(CC)CC(NCC)c1cc(CC)nn1CC. The third kappa shape index (κ3) is 5.46. The first kappa shape index (κ1) is 18.2. The lowest BCUT2D eigenvalue weighted by Crippen LogP contribution is -2.26. The average molecular weight is 293 g/mol. The molecule has 1 rings (SSSR count). The van der Waals surface area contributed by atoms with Crippen molar-refractivity contribution in [2.75, 3.05) is 6.54 Å². The van der Waals surface area contributed by atoms with Crippen LogP contribution < -0.4 is 5.32 Å². The first-order valence-electron chi connectivity index (χ1n) is 8.99. The highest BCUT2D eigenvalue weighted by atomic mass is 15.3. The highest BCUT2D eigenvalue weighted by molar-refractivity contribution is 5.15. The summed E-state index contributed by atoms with van der Waals surface area (Å²) in [4.78, 5) is 0. The molecule has 21 heavy (non-hydrogen) atoms. The van der Waals surface area contributed by atoms with Crippen LogP contribution in [-0.4, -0.2) is 16.3 Å². The van der Waals surface area contributed by atoms with E-state index < -0.39 is 0 Å². The Morgan fingerprint density at radius 2 is 1.95 bits per heavy atom. The summed E-state index contributed by atoms with van der Waals surface area (Å²) in [6.45, 7) is 13.2. The number of aryl methyl sites for hydroxylation is 2. The molecular formula is C18H35N3. The first-order valence-corrected chi connectivity index (χ1v) is 8.99. The van der Waals surface area contributed by atoms with E-state index in [0.29, 0.717) is 6.04 Å². The molecule has 0 aliphatic heterocycles. The second kappa shape index (κ2) is 9.99. The minimum Gasteiger partial charge on any atom is -0.309 e. The lowest BCUT2D eigenvalue weighted by Gasteiger charge is -2.24. The van der Waals surface area contributed by atoms with Gasteiger partial charge in [-0.2, -0.15) is 5.10 Å². The molecule has 0 bridgehead atoms. The van der Waals surface area contributed by atoms with Crippen molar-refractivity contribution in [2.45, 2.75) is 85.7 Å². The molecule has 1 N–H and O–H groups in total. The zero-order valence-corrected chi connectivity index (χ0v) is 14.8. The van der Waals surface area contributed by atoms with Gasteiger partial charge in [-0.1, -0.05) is 53.4 Å². The molecule has 0 fully saturated rings. The van der Waals surface area contributed by atoms with E-state index in [1.165, 1.54) is 43.5 Å². The summed E-state index contributed by atoms with van der Waals surface area (Å²) < 4.78 is 2.19. The normalized spacial score (nSPS) is 14.3. The molecule has 0 radical (unpaired) electrons. The molecule has 1 heterocycles. The quantitative estimate of drug-likeness (QED) is 0.639. The highest BCUT2D eigenvalue weighted by Gasteiger charge is 2.20. The predicted octanol–water partition coefficient (Wildman–Crippen LogP) is 4.72. The van der Waals surface area contributed by atoms with Gasteiger partial charge in [0.2, 0.25) is 0 Å². The van der Waals surface area contributed by atoms with E-state index in [-0.39, 0.29) is 0 Å². The maximum absolute atomic E-state index is 4.72. The van der Waals surface area contributed by atoms with Gasteiger partial charge in [0.25, 0.3) is 0 Å². The van der Waals surface area contributed by atoms with Crippen LogP contribution in [-0.2, 0) is 13.0 Å². The van der Waals surface area contributed by atoms with E-state index in [2.05, 4.69) is 50.7 Å². The van der Waals surface area contributed by atoms with Gasteiger partial charge in [0, 0.05) is 12.6 Å². The second-order valence-corrected chi connectivity index (χ2v) is 5.99. The number of unbranched alkanes of at least 4 members (excludes halogenated alkanes) is 1. The standard InChI is InChI=1S/C18H35N3/c1-6-11-12-15(7-2)13-17(19-9-4)18-14-16(8-3)20-21(18)10-5/h14-15,17,19H,6-13H2,1-5H3. The predicted molar refractivity (Wildman–Crippen MR) is 91.6 cm³/mol. The van der Waals surface area contributed by atoms with Gasteiger partial charge in [-0.15, -0.1) is 0 Å². The molecule has 3 heteroatoms. The zero-order chi connectivity index (χ0) is 15.7. The molecule has 0 spiro atoms. The smallest absolute Gasteiger partial charge is 0.0625 e. The number of nitrogens with zero attached hydrogens (tertiary/aromatic N) is 2. The minimum atomic E-state index is 0.449. The van der Waals surface area contributed by atoms with Crippen molar-refractivity contribution in [3.8, 4) is 0 Å².